The molecule has 1 saturated heterocycles. The first-order valence-electron chi connectivity index (χ1n) is 8.33. The van der Waals surface area contributed by atoms with Crippen LogP contribution in [0.5, 0.6) is 5.75 Å². The SMILES string of the molecule is COc1cccc(CN2N=N[C@@H]3C(=O)N(c4ccc(C)cc4)C(=O)[C@H]32)c1. The van der Waals surface area contributed by atoms with Gasteiger partial charge in [-0.1, -0.05) is 35.1 Å². The predicted molar refractivity (Wildman–Crippen MR) is 94.6 cm³/mol. The van der Waals surface area contributed by atoms with Crippen LogP contribution in [0.25, 0.3) is 0 Å². The van der Waals surface area contributed by atoms with Gasteiger partial charge < -0.3 is 4.74 Å². The van der Waals surface area contributed by atoms with Crippen molar-refractivity contribution in [1.29, 1.82) is 0 Å². The normalized spacial score (nSPS) is 21.5. The predicted octanol–water partition coefficient (Wildman–Crippen LogP) is 2.50. The smallest absolute Gasteiger partial charge is 0.263 e. The van der Waals surface area contributed by atoms with E-state index in [9.17, 15) is 9.59 Å². The second-order valence-corrected chi connectivity index (χ2v) is 6.39. The Balaban J connectivity index is 1.58. The van der Waals surface area contributed by atoms with Crippen molar-refractivity contribution in [2.45, 2.75) is 25.6 Å². The third kappa shape index (κ3) is 2.61. The van der Waals surface area contributed by atoms with Crippen LogP contribution in [-0.4, -0.2) is 36.0 Å². The Labute approximate surface area is 150 Å². The van der Waals surface area contributed by atoms with Gasteiger partial charge in [0.15, 0.2) is 12.1 Å². The van der Waals surface area contributed by atoms with Gasteiger partial charge in [-0.2, -0.15) is 5.11 Å². The number of fused-ring (bicyclic) bond motifs is 1. The van der Waals surface area contributed by atoms with Crippen LogP contribution in [0.1, 0.15) is 11.1 Å². The second-order valence-electron chi connectivity index (χ2n) is 6.39. The van der Waals surface area contributed by atoms with Gasteiger partial charge in [0.2, 0.25) is 0 Å². The standard InChI is InChI=1S/C19H18N4O3/c1-12-6-8-14(9-7-12)23-18(24)16-17(19(23)25)22(21-20-16)11-13-4-3-5-15(10-13)26-2/h3-10,16-17H,11H2,1-2H3/t16-,17-/m0/s1. The molecule has 0 bridgehead atoms. The highest BCUT2D eigenvalue weighted by Crippen LogP contribution is 2.33. The van der Waals surface area contributed by atoms with E-state index in [1.165, 1.54) is 4.90 Å². The maximum atomic E-state index is 12.9. The summed E-state index contributed by atoms with van der Waals surface area (Å²) in [4.78, 5) is 26.8. The Morgan fingerprint density at radius 2 is 1.85 bits per heavy atom. The lowest BCUT2D eigenvalue weighted by Gasteiger charge is -2.21. The average molecular weight is 350 g/mol. The van der Waals surface area contributed by atoms with Crippen LogP contribution in [0.15, 0.2) is 58.9 Å². The number of methoxy groups -OCH3 is 1. The molecule has 7 heteroatoms. The molecule has 0 saturated carbocycles. The zero-order valence-electron chi connectivity index (χ0n) is 14.5. The maximum absolute atomic E-state index is 12.9. The van der Waals surface area contributed by atoms with Crippen molar-refractivity contribution in [3.63, 3.8) is 0 Å². The molecule has 4 rings (SSSR count). The molecule has 0 spiro atoms. The first kappa shape index (κ1) is 16.3. The van der Waals surface area contributed by atoms with E-state index >= 15 is 0 Å². The molecule has 1 fully saturated rings. The Bertz CT molecular complexity index is 894. The van der Waals surface area contributed by atoms with Crippen LogP contribution in [0, 0.1) is 6.92 Å². The van der Waals surface area contributed by atoms with E-state index in [-0.39, 0.29) is 11.8 Å². The first-order chi connectivity index (χ1) is 12.6. The van der Waals surface area contributed by atoms with Gasteiger partial charge in [-0.25, -0.2) is 4.90 Å². The number of benzene rings is 2. The molecule has 0 unspecified atom stereocenters. The summed E-state index contributed by atoms with van der Waals surface area (Å²) in [5.74, 6) is 0.0998. The topological polar surface area (TPSA) is 74.6 Å². The minimum absolute atomic E-state index is 0.295. The van der Waals surface area contributed by atoms with Crippen molar-refractivity contribution in [1.82, 2.24) is 5.01 Å². The number of rotatable bonds is 4. The van der Waals surface area contributed by atoms with E-state index in [1.54, 1.807) is 24.3 Å². The Hall–Kier alpha value is -3.22. The van der Waals surface area contributed by atoms with Crippen LogP contribution < -0.4 is 9.64 Å². The fourth-order valence-corrected chi connectivity index (χ4v) is 3.26. The number of carbonyl (C=O) groups is 2. The number of hydrogen-bond acceptors (Lipinski definition) is 6. The van der Waals surface area contributed by atoms with Crippen molar-refractivity contribution in [3.8, 4) is 5.75 Å². The number of amides is 2. The molecule has 132 valence electrons. The highest BCUT2D eigenvalue weighted by Gasteiger charge is 2.54. The largest absolute Gasteiger partial charge is 0.497 e. The van der Waals surface area contributed by atoms with Gasteiger partial charge in [-0.15, -0.1) is 0 Å². The number of nitrogens with zero attached hydrogens (tertiary/aromatic N) is 4. The van der Waals surface area contributed by atoms with Gasteiger partial charge in [0, 0.05) is 0 Å². The minimum atomic E-state index is -0.783. The summed E-state index contributed by atoms with van der Waals surface area (Å²) < 4.78 is 5.23. The molecule has 2 aromatic rings. The van der Waals surface area contributed by atoms with Crippen LogP contribution in [0.2, 0.25) is 0 Å². The Morgan fingerprint density at radius 1 is 1.08 bits per heavy atom. The number of aryl methyl sites for hydroxylation is 1. The lowest BCUT2D eigenvalue weighted by atomic mass is 10.1. The molecule has 26 heavy (non-hydrogen) atoms. The number of imide groups is 1. The third-order valence-corrected chi connectivity index (χ3v) is 4.63. The molecule has 2 aromatic carbocycles. The monoisotopic (exact) mass is 350 g/mol. The molecule has 0 N–H and O–H groups in total. The van der Waals surface area contributed by atoms with Crippen molar-refractivity contribution in [2.24, 2.45) is 10.3 Å². The maximum Gasteiger partial charge on any atom is 0.263 e. The van der Waals surface area contributed by atoms with E-state index in [0.717, 1.165) is 16.9 Å². The quantitative estimate of drug-likeness (QED) is 0.794. The zero-order chi connectivity index (χ0) is 18.3. The molecule has 2 atom stereocenters. The highest BCUT2D eigenvalue weighted by atomic mass is 16.5. The molecule has 2 aliphatic rings. The van der Waals surface area contributed by atoms with Crippen LogP contribution >= 0.6 is 0 Å². The molecule has 2 aliphatic heterocycles. The number of anilines is 1. The molecule has 7 nitrogen and oxygen atoms in total. The van der Waals surface area contributed by atoms with Crippen LogP contribution in [0.4, 0.5) is 5.69 Å². The highest BCUT2D eigenvalue weighted by molar-refractivity contribution is 6.25. The van der Waals surface area contributed by atoms with Gasteiger partial charge in [0.25, 0.3) is 11.8 Å². The summed E-state index contributed by atoms with van der Waals surface area (Å²) in [5, 5.41) is 9.69. The lowest BCUT2D eigenvalue weighted by molar-refractivity contribution is -0.123. The van der Waals surface area contributed by atoms with Crippen LogP contribution in [-0.2, 0) is 16.1 Å². The van der Waals surface area contributed by atoms with E-state index in [2.05, 4.69) is 10.3 Å². The van der Waals surface area contributed by atoms with E-state index < -0.39 is 12.1 Å². The van der Waals surface area contributed by atoms with Gasteiger partial charge >= 0.3 is 0 Å². The summed E-state index contributed by atoms with van der Waals surface area (Å²) in [6.07, 6.45) is 0. The van der Waals surface area contributed by atoms with Crippen molar-refractivity contribution < 1.29 is 14.3 Å². The first-order valence-corrected chi connectivity index (χ1v) is 8.33. The molecule has 2 amide bonds. The molecule has 2 heterocycles. The Morgan fingerprint density at radius 3 is 2.58 bits per heavy atom. The van der Waals surface area contributed by atoms with Gasteiger partial charge in [0.05, 0.1) is 19.3 Å². The van der Waals surface area contributed by atoms with E-state index in [4.69, 9.17) is 4.74 Å². The van der Waals surface area contributed by atoms with E-state index in [1.807, 2.05) is 43.3 Å². The van der Waals surface area contributed by atoms with Crippen molar-refractivity contribution >= 4 is 17.5 Å². The second kappa shape index (κ2) is 6.25. The minimum Gasteiger partial charge on any atom is -0.497 e. The molecule has 0 aromatic heterocycles. The Kier molecular flexibility index (Phi) is 3.91. The fourth-order valence-electron chi connectivity index (χ4n) is 3.26. The van der Waals surface area contributed by atoms with Crippen molar-refractivity contribution in [3.05, 3.63) is 59.7 Å². The molecule has 0 aliphatic carbocycles. The number of ether oxygens (including phenoxy) is 1. The summed E-state index contributed by atoms with van der Waals surface area (Å²) in [7, 11) is 1.60. The third-order valence-electron chi connectivity index (χ3n) is 4.63. The number of hydrogen-bond donors (Lipinski definition) is 0. The van der Waals surface area contributed by atoms with Crippen LogP contribution in [0.3, 0.4) is 0 Å². The fraction of sp³-hybridized carbons (Fsp3) is 0.263. The summed E-state index contributed by atoms with van der Waals surface area (Å²) in [6.45, 7) is 2.33. The summed E-state index contributed by atoms with van der Waals surface area (Å²) >= 11 is 0. The summed E-state index contributed by atoms with van der Waals surface area (Å²) in [6, 6.07) is 13.3. The van der Waals surface area contributed by atoms with Gasteiger partial charge in [0.1, 0.15) is 5.75 Å². The van der Waals surface area contributed by atoms with Crippen molar-refractivity contribution in [2.75, 3.05) is 12.0 Å². The molecular weight excluding hydrogens is 332 g/mol. The van der Waals surface area contributed by atoms with E-state index in [0.29, 0.717) is 12.2 Å². The molecular formula is C19H18N4O3. The molecule has 0 radical (unpaired) electrons. The average Bonchev–Trinajstić information content (AvgIpc) is 3.17. The van der Waals surface area contributed by atoms with Gasteiger partial charge in [-0.05, 0) is 36.8 Å². The number of carbonyl (C=O) groups excluding carboxylic acids is 2. The zero-order valence-corrected chi connectivity index (χ0v) is 14.5. The lowest BCUT2D eigenvalue weighted by Crippen LogP contribution is -2.39. The van der Waals surface area contributed by atoms with Gasteiger partial charge in [-0.3, -0.25) is 14.6 Å². The summed E-state index contributed by atoms with van der Waals surface area (Å²) in [5.41, 5.74) is 2.56.